The number of rotatable bonds is 5. The second-order valence-corrected chi connectivity index (χ2v) is 4.71. The van der Waals surface area contributed by atoms with Crippen LogP contribution in [0.25, 0.3) is 11.1 Å². The molecule has 0 aromatic heterocycles. The molecule has 0 saturated carbocycles. The molecule has 98 valence electrons. The smallest absolute Gasteiger partial charge is 0.306 e. The fraction of sp³-hybridized carbons (Fsp3) is 0.235. The molecule has 0 amide bonds. The molecule has 2 aromatic carbocycles. The molecule has 2 aromatic rings. The summed E-state index contributed by atoms with van der Waals surface area (Å²) >= 11 is 0. The summed E-state index contributed by atoms with van der Waals surface area (Å²) in [6, 6.07) is 18.3. The third kappa shape index (κ3) is 3.44. The van der Waals surface area contributed by atoms with Gasteiger partial charge >= 0.3 is 5.97 Å². The average molecular weight is 254 g/mol. The number of hydrogen-bond donors (Lipinski definition) is 1. The maximum absolute atomic E-state index is 11.0. The van der Waals surface area contributed by atoms with Gasteiger partial charge in [0, 0.05) is 0 Å². The lowest BCUT2D eigenvalue weighted by Gasteiger charge is -2.10. The van der Waals surface area contributed by atoms with Crippen molar-refractivity contribution < 1.29 is 9.90 Å². The van der Waals surface area contributed by atoms with Crippen LogP contribution in [0.2, 0.25) is 0 Å². The summed E-state index contributed by atoms with van der Waals surface area (Å²) in [6.45, 7) is 1.91. The van der Waals surface area contributed by atoms with Gasteiger partial charge in [-0.3, -0.25) is 4.79 Å². The van der Waals surface area contributed by atoms with Gasteiger partial charge in [0.2, 0.25) is 0 Å². The fourth-order valence-corrected chi connectivity index (χ4v) is 2.15. The molecule has 1 atom stereocenters. The topological polar surface area (TPSA) is 37.3 Å². The Morgan fingerprint density at radius 1 is 1.00 bits per heavy atom. The first-order valence-electron chi connectivity index (χ1n) is 6.58. The van der Waals surface area contributed by atoms with Gasteiger partial charge in [0.1, 0.15) is 0 Å². The van der Waals surface area contributed by atoms with E-state index in [1.165, 1.54) is 5.56 Å². The molecule has 2 nitrogen and oxygen atoms in total. The minimum Gasteiger partial charge on any atom is -0.481 e. The Bertz CT molecular complexity index is 529. The predicted molar refractivity (Wildman–Crippen MR) is 77.0 cm³/mol. The minimum atomic E-state index is -0.713. The molecule has 19 heavy (non-hydrogen) atoms. The zero-order valence-corrected chi connectivity index (χ0v) is 11.0. The van der Waals surface area contributed by atoms with Crippen molar-refractivity contribution in [2.75, 3.05) is 0 Å². The molecule has 0 fully saturated rings. The second kappa shape index (κ2) is 6.19. The van der Waals surface area contributed by atoms with Gasteiger partial charge in [0.25, 0.3) is 0 Å². The zero-order valence-electron chi connectivity index (χ0n) is 11.0. The molecule has 0 spiro atoms. The highest BCUT2D eigenvalue weighted by Gasteiger charge is 2.15. The summed E-state index contributed by atoms with van der Waals surface area (Å²) in [5, 5.41) is 9.07. The van der Waals surface area contributed by atoms with Crippen LogP contribution in [-0.2, 0) is 11.2 Å². The highest BCUT2D eigenvalue weighted by molar-refractivity contribution is 5.70. The van der Waals surface area contributed by atoms with Crippen molar-refractivity contribution in [3.63, 3.8) is 0 Å². The molecule has 0 bridgehead atoms. The van der Waals surface area contributed by atoms with E-state index in [1.807, 2.05) is 37.3 Å². The van der Waals surface area contributed by atoms with Crippen LogP contribution in [0.3, 0.4) is 0 Å². The van der Waals surface area contributed by atoms with Crippen molar-refractivity contribution in [3.05, 3.63) is 60.2 Å². The Kier molecular flexibility index (Phi) is 4.35. The largest absolute Gasteiger partial charge is 0.481 e. The van der Waals surface area contributed by atoms with Crippen molar-refractivity contribution in [2.24, 2.45) is 5.92 Å². The lowest BCUT2D eigenvalue weighted by atomic mass is 9.95. The van der Waals surface area contributed by atoms with E-state index in [-0.39, 0.29) is 5.92 Å². The molecule has 0 aliphatic heterocycles. The van der Waals surface area contributed by atoms with Crippen LogP contribution in [0.15, 0.2) is 54.6 Å². The maximum atomic E-state index is 11.0. The Labute approximate surface area is 113 Å². The molecule has 2 rings (SSSR count). The molecular formula is C17H18O2. The molecule has 0 unspecified atom stereocenters. The molecule has 0 heterocycles. The predicted octanol–water partition coefficient (Wildman–Crippen LogP) is 4.01. The Morgan fingerprint density at radius 2 is 1.58 bits per heavy atom. The molecule has 0 radical (unpaired) electrons. The Balaban J connectivity index is 2.13. The average Bonchev–Trinajstić information content (AvgIpc) is 2.46. The van der Waals surface area contributed by atoms with Gasteiger partial charge < -0.3 is 5.11 Å². The number of carbonyl (C=O) groups is 1. The number of benzene rings is 2. The summed E-state index contributed by atoms with van der Waals surface area (Å²) in [6.07, 6.45) is 1.26. The van der Waals surface area contributed by atoms with Gasteiger partial charge in [0.15, 0.2) is 0 Å². The monoisotopic (exact) mass is 254 g/mol. The van der Waals surface area contributed by atoms with Crippen LogP contribution in [0.5, 0.6) is 0 Å². The quantitative estimate of drug-likeness (QED) is 0.875. The first-order chi connectivity index (χ1) is 9.20. The molecule has 0 saturated heterocycles. The van der Waals surface area contributed by atoms with E-state index in [0.717, 1.165) is 11.1 Å². The van der Waals surface area contributed by atoms with Gasteiger partial charge in [-0.1, -0.05) is 61.5 Å². The molecule has 0 aliphatic rings. The third-order valence-electron chi connectivity index (χ3n) is 3.39. The lowest BCUT2D eigenvalue weighted by Crippen LogP contribution is -2.15. The molecule has 1 N–H and O–H groups in total. The molecule has 2 heteroatoms. The highest BCUT2D eigenvalue weighted by Crippen LogP contribution is 2.21. The Morgan fingerprint density at radius 3 is 2.11 bits per heavy atom. The maximum Gasteiger partial charge on any atom is 0.306 e. The molecular weight excluding hydrogens is 236 g/mol. The van der Waals surface area contributed by atoms with E-state index in [0.29, 0.717) is 12.8 Å². The third-order valence-corrected chi connectivity index (χ3v) is 3.39. The van der Waals surface area contributed by atoms with Gasteiger partial charge in [-0.15, -0.1) is 0 Å². The first-order valence-corrected chi connectivity index (χ1v) is 6.58. The van der Waals surface area contributed by atoms with Crippen molar-refractivity contribution in [2.45, 2.75) is 19.8 Å². The van der Waals surface area contributed by atoms with E-state index in [1.54, 1.807) is 0 Å². The first kappa shape index (κ1) is 13.3. The van der Waals surface area contributed by atoms with Crippen LogP contribution >= 0.6 is 0 Å². The van der Waals surface area contributed by atoms with E-state index >= 15 is 0 Å². The Hall–Kier alpha value is -2.09. The van der Waals surface area contributed by atoms with Crippen molar-refractivity contribution >= 4 is 5.97 Å². The van der Waals surface area contributed by atoms with Crippen LogP contribution in [-0.4, -0.2) is 11.1 Å². The van der Waals surface area contributed by atoms with E-state index in [2.05, 4.69) is 24.3 Å². The van der Waals surface area contributed by atoms with Crippen molar-refractivity contribution in [1.82, 2.24) is 0 Å². The highest BCUT2D eigenvalue weighted by atomic mass is 16.4. The minimum absolute atomic E-state index is 0.289. The number of carboxylic acids is 1. The van der Waals surface area contributed by atoms with Gasteiger partial charge in [-0.05, 0) is 29.5 Å². The van der Waals surface area contributed by atoms with E-state index in [9.17, 15) is 4.79 Å². The summed E-state index contributed by atoms with van der Waals surface area (Å²) in [5.41, 5.74) is 3.42. The number of hydrogen-bond acceptors (Lipinski definition) is 1. The summed E-state index contributed by atoms with van der Waals surface area (Å²) < 4.78 is 0. The summed E-state index contributed by atoms with van der Waals surface area (Å²) in [4.78, 5) is 11.0. The summed E-state index contributed by atoms with van der Waals surface area (Å²) in [5.74, 6) is -1.00. The van der Waals surface area contributed by atoms with E-state index < -0.39 is 5.97 Å². The number of carboxylic acid groups (broad SMARTS) is 1. The van der Waals surface area contributed by atoms with Crippen LogP contribution in [0, 0.1) is 5.92 Å². The summed E-state index contributed by atoms with van der Waals surface area (Å²) in [7, 11) is 0. The second-order valence-electron chi connectivity index (χ2n) is 4.71. The fourth-order valence-electron chi connectivity index (χ4n) is 2.15. The van der Waals surface area contributed by atoms with Crippen LogP contribution in [0.1, 0.15) is 18.9 Å². The van der Waals surface area contributed by atoms with Crippen molar-refractivity contribution in [3.8, 4) is 11.1 Å². The van der Waals surface area contributed by atoms with Gasteiger partial charge in [0.05, 0.1) is 5.92 Å². The zero-order chi connectivity index (χ0) is 13.7. The number of aliphatic carboxylic acids is 1. The van der Waals surface area contributed by atoms with Gasteiger partial charge in [-0.2, -0.15) is 0 Å². The van der Waals surface area contributed by atoms with E-state index in [4.69, 9.17) is 5.11 Å². The lowest BCUT2D eigenvalue weighted by molar-refractivity contribution is -0.141. The SMILES string of the molecule is CC[C@H](Cc1ccc(-c2ccccc2)cc1)C(=O)O. The van der Waals surface area contributed by atoms with Crippen LogP contribution < -0.4 is 0 Å². The normalized spacial score (nSPS) is 12.1. The molecule has 0 aliphatic carbocycles. The van der Waals surface area contributed by atoms with Gasteiger partial charge in [-0.25, -0.2) is 0 Å². The van der Waals surface area contributed by atoms with Crippen LogP contribution in [0.4, 0.5) is 0 Å². The van der Waals surface area contributed by atoms with Crippen molar-refractivity contribution in [1.29, 1.82) is 0 Å². The standard InChI is InChI=1S/C17H18O2/c1-2-14(17(18)19)12-13-8-10-16(11-9-13)15-6-4-3-5-7-15/h3-11,14H,2,12H2,1H3,(H,18,19)/t14-/m1/s1.